The number of amides is 1. The Kier molecular flexibility index (Phi) is 4.91. The highest BCUT2D eigenvalue weighted by molar-refractivity contribution is 6.49. The summed E-state index contributed by atoms with van der Waals surface area (Å²) < 4.78 is 2.11. The highest BCUT2D eigenvalue weighted by Gasteiger charge is 2.31. The molecule has 0 radical (unpaired) electrons. The predicted molar refractivity (Wildman–Crippen MR) is 124 cm³/mol. The molecule has 0 bridgehead atoms. The van der Waals surface area contributed by atoms with Gasteiger partial charge in [-0.1, -0.05) is 73.7 Å². The number of hydrogen-bond donors (Lipinski definition) is 0. The van der Waals surface area contributed by atoms with Gasteiger partial charge < -0.3 is 9.47 Å². The Labute approximate surface area is 181 Å². The molecule has 0 unspecified atom stereocenters. The van der Waals surface area contributed by atoms with E-state index in [1.807, 2.05) is 60.8 Å². The van der Waals surface area contributed by atoms with Gasteiger partial charge in [0, 0.05) is 30.4 Å². The van der Waals surface area contributed by atoms with Gasteiger partial charge in [-0.15, -0.1) is 0 Å². The molecule has 1 aromatic heterocycles. The zero-order valence-corrected chi connectivity index (χ0v) is 17.5. The van der Waals surface area contributed by atoms with Crippen LogP contribution in [0.5, 0.6) is 0 Å². The Morgan fingerprint density at radius 1 is 0.903 bits per heavy atom. The summed E-state index contributed by atoms with van der Waals surface area (Å²) >= 11 is 0. The number of fused-ring (bicyclic) bond motifs is 2. The van der Waals surface area contributed by atoms with Crippen molar-refractivity contribution in [2.75, 3.05) is 11.4 Å². The SMILES string of the molecule is CCc1cccc2c(C(=O)C(=O)N3CCc4ccccc43)cn(Cc3ccccc3)c12. The van der Waals surface area contributed by atoms with Gasteiger partial charge in [-0.2, -0.15) is 0 Å². The van der Waals surface area contributed by atoms with Crippen LogP contribution >= 0.6 is 0 Å². The van der Waals surface area contributed by atoms with Crippen molar-refractivity contribution in [1.29, 1.82) is 0 Å². The van der Waals surface area contributed by atoms with Crippen LogP contribution in [0.25, 0.3) is 10.9 Å². The molecule has 2 heterocycles. The van der Waals surface area contributed by atoms with Gasteiger partial charge in [-0.05, 0) is 35.6 Å². The van der Waals surface area contributed by atoms with E-state index in [-0.39, 0.29) is 0 Å². The highest BCUT2D eigenvalue weighted by atomic mass is 16.2. The molecule has 0 saturated carbocycles. The van der Waals surface area contributed by atoms with Crippen LogP contribution in [-0.2, 0) is 24.2 Å². The maximum absolute atomic E-state index is 13.4. The minimum atomic E-state index is -0.453. The van der Waals surface area contributed by atoms with Gasteiger partial charge in [0.25, 0.3) is 11.7 Å². The molecule has 1 aliphatic rings. The van der Waals surface area contributed by atoms with Crippen molar-refractivity contribution in [1.82, 2.24) is 4.57 Å². The second-order valence-corrected chi connectivity index (χ2v) is 7.99. The summed E-state index contributed by atoms with van der Waals surface area (Å²) in [5, 5.41) is 0.848. The van der Waals surface area contributed by atoms with Gasteiger partial charge in [0.05, 0.1) is 11.1 Å². The monoisotopic (exact) mass is 408 g/mol. The first-order valence-corrected chi connectivity index (χ1v) is 10.8. The minimum absolute atomic E-state index is 0.443. The van der Waals surface area contributed by atoms with Gasteiger partial charge in [-0.3, -0.25) is 9.59 Å². The Morgan fingerprint density at radius 3 is 2.48 bits per heavy atom. The lowest BCUT2D eigenvalue weighted by atomic mass is 10.0. The van der Waals surface area contributed by atoms with E-state index in [4.69, 9.17) is 0 Å². The van der Waals surface area contributed by atoms with E-state index in [0.717, 1.165) is 40.6 Å². The molecule has 5 rings (SSSR count). The van der Waals surface area contributed by atoms with Crippen molar-refractivity contribution in [2.24, 2.45) is 0 Å². The Hall–Kier alpha value is -3.66. The van der Waals surface area contributed by atoms with Gasteiger partial charge >= 0.3 is 0 Å². The van der Waals surface area contributed by atoms with Gasteiger partial charge in [0.1, 0.15) is 0 Å². The summed E-state index contributed by atoms with van der Waals surface area (Å²) in [6, 6.07) is 24.0. The Balaban J connectivity index is 1.57. The Bertz CT molecular complexity index is 1290. The normalized spacial score (nSPS) is 12.9. The second-order valence-electron chi connectivity index (χ2n) is 7.99. The topological polar surface area (TPSA) is 42.3 Å². The molecule has 0 saturated heterocycles. The van der Waals surface area contributed by atoms with Crippen LogP contribution < -0.4 is 4.90 Å². The molecule has 154 valence electrons. The lowest BCUT2D eigenvalue weighted by Gasteiger charge is -2.16. The lowest BCUT2D eigenvalue weighted by Crippen LogP contribution is -2.35. The molecule has 0 spiro atoms. The van der Waals surface area contributed by atoms with Crippen LogP contribution in [0, 0.1) is 0 Å². The first kappa shape index (κ1) is 19.3. The number of nitrogens with zero attached hydrogens (tertiary/aromatic N) is 2. The predicted octanol–water partition coefficient (Wildman–Crippen LogP) is 5.02. The van der Waals surface area contributed by atoms with Crippen LogP contribution in [0.4, 0.5) is 5.69 Å². The number of ketones is 1. The summed E-state index contributed by atoms with van der Waals surface area (Å²) in [6.07, 6.45) is 3.50. The van der Waals surface area contributed by atoms with Crippen molar-refractivity contribution in [3.05, 3.63) is 101 Å². The second kappa shape index (κ2) is 7.88. The van der Waals surface area contributed by atoms with E-state index in [9.17, 15) is 9.59 Å². The minimum Gasteiger partial charge on any atom is -0.342 e. The summed E-state index contributed by atoms with van der Waals surface area (Å²) in [4.78, 5) is 28.3. The van der Waals surface area contributed by atoms with Gasteiger partial charge in [-0.25, -0.2) is 0 Å². The molecule has 4 nitrogen and oxygen atoms in total. The van der Waals surface area contributed by atoms with Gasteiger partial charge in [0.2, 0.25) is 0 Å². The highest BCUT2D eigenvalue weighted by Crippen LogP contribution is 2.30. The molecule has 1 amide bonds. The van der Waals surface area contributed by atoms with E-state index in [2.05, 4.69) is 29.7 Å². The van der Waals surface area contributed by atoms with Gasteiger partial charge in [0.15, 0.2) is 0 Å². The van der Waals surface area contributed by atoms with Crippen LogP contribution in [0.1, 0.15) is 34.0 Å². The number of aromatic nitrogens is 1. The summed E-state index contributed by atoms with van der Waals surface area (Å²) in [6.45, 7) is 3.32. The summed E-state index contributed by atoms with van der Waals surface area (Å²) in [5.41, 5.74) is 5.81. The van der Waals surface area contributed by atoms with E-state index in [1.165, 1.54) is 5.56 Å². The first-order chi connectivity index (χ1) is 15.2. The van der Waals surface area contributed by atoms with Crippen molar-refractivity contribution in [2.45, 2.75) is 26.3 Å². The molecular formula is C27H24N2O2. The third-order valence-electron chi connectivity index (χ3n) is 6.13. The maximum atomic E-state index is 13.4. The number of anilines is 1. The number of carbonyl (C=O) groups is 2. The van der Waals surface area contributed by atoms with Crippen molar-refractivity contribution >= 4 is 28.3 Å². The lowest BCUT2D eigenvalue weighted by molar-refractivity contribution is -0.114. The molecular weight excluding hydrogens is 384 g/mol. The van der Waals surface area contributed by atoms with Crippen molar-refractivity contribution < 1.29 is 9.59 Å². The van der Waals surface area contributed by atoms with E-state index < -0.39 is 11.7 Å². The van der Waals surface area contributed by atoms with Crippen LogP contribution in [0.3, 0.4) is 0 Å². The average Bonchev–Trinajstić information content (AvgIpc) is 3.41. The molecule has 31 heavy (non-hydrogen) atoms. The fourth-order valence-corrected chi connectivity index (χ4v) is 4.60. The molecule has 0 N–H and O–H groups in total. The van der Waals surface area contributed by atoms with Crippen molar-refractivity contribution in [3.63, 3.8) is 0 Å². The van der Waals surface area contributed by atoms with E-state index in [1.54, 1.807) is 4.90 Å². The first-order valence-electron chi connectivity index (χ1n) is 10.8. The fraction of sp³-hybridized carbons (Fsp3) is 0.185. The average molecular weight is 409 g/mol. The molecule has 0 atom stereocenters. The third-order valence-corrected chi connectivity index (χ3v) is 6.13. The number of carbonyl (C=O) groups excluding carboxylic acids is 2. The summed E-state index contributed by atoms with van der Waals surface area (Å²) in [7, 11) is 0. The number of Topliss-reactive ketones (excluding diaryl/α,β-unsaturated/α-hetero) is 1. The van der Waals surface area contributed by atoms with E-state index >= 15 is 0 Å². The maximum Gasteiger partial charge on any atom is 0.299 e. The molecule has 4 heteroatoms. The van der Waals surface area contributed by atoms with Crippen LogP contribution in [0.2, 0.25) is 0 Å². The molecule has 1 aliphatic heterocycles. The van der Waals surface area contributed by atoms with Crippen LogP contribution in [0.15, 0.2) is 79.0 Å². The quantitative estimate of drug-likeness (QED) is 0.344. The molecule has 4 aromatic rings. The largest absolute Gasteiger partial charge is 0.342 e. The van der Waals surface area contributed by atoms with Crippen molar-refractivity contribution in [3.8, 4) is 0 Å². The molecule has 3 aromatic carbocycles. The standard InChI is InChI=1S/C27H24N2O2/c1-2-20-12-8-13-22-23(18-28(25(20)22)17-19-9-4-3-5-10-19)26(30)27(31)29-16-15-21-11-6-7-14-24(21)29/h3-14,18H,2,15-17H2,1H3. The molecule has 0 fully saturated rings. The summed E-state index contributed by atoms with van der Waals surface area (Å²) in [5.74, 6) is -0.896. The number of benzene rings is 3. The number of hydrogen-bond acceptors (Lipinski definition) is 2. The van der Waals surface area contributed by atoms with E-state index in [0.29, 0.717) is 18.7 Å². The number of aryl methyl sites for hydroxylation is 1. The Morgan fingerprint density at radius 2 is 1.68 bits per heavy atom. The smallest absolute Gasteiger partial charge is 0.299 e. The molecule has 0 aliphatic carbocycles. The number of para-hydroxylation sites is 2. The fourth-order valence-electron chi connectivity index (χ4n) is 4.60. The third kappa shape index (κ3) is 3.34. The zero-order chi connectivity index (χ0) is 21.4. The number of rotatable bonds is 5. The van der Waals surface area contributed by atoms with Crippen LogP contribution in [-0.4, -0.2) is 22.8 Å². The zero-order valence-electron chi connectivity index (χ0n) is 17.5.